The van der Waals surface area contributed by atoms with Crippen LogP contribution in [0.2, 0.25) is 0 Å². The monoisotopic (exact) mass is 339 g/mol. The summed E-state index contributed by atoms with van der Waals surface area (Å²) in [6, 6.07) is 7.14. The van der Waals surface area contributed by atoms with Gasteiger partial charge in [-0.1, -0.05) is 41.1 Å². The second-order valence-electron chi connectivity index (χ2n) is 4.14. The topological polar surface area (TPSA) is 21.3 Å². The predicted molar refractivity (Wildman–Crippen MR) is 72.0 cm³/mol. The number of nitrogens with one attached hydrogen (secondary N) is 1. The van der Waals surface area contributed by atoms with Crippen molar-refractivity contribution in [2.45, 2.75) is 32.2 Å². The molecule has 2 nitrogen and oxygen atoms in total. The normalized spacial score (nSPS) is 15.3. The molecular formula is C13H17BrF3NO. The molecule has 0 heterocycles. The molecule has 0 amide bonds. The smallest absolute Gasteiger partial charge is 0.360 e. The summed E-state index contributed by atoms with van der Waals surface area (Å²) in [5.74, 6) is 0. The molecule has 19 heavy (non-hydrogen) atoms. The van der Waals surface area contributed by atoms with E-state index >= 15 is 0 Å². The third-order valence-electron chi connectivity index (χ3n) is 2.66. The molecule has 1 N–H and O–H groups in total. The Morgan fingerprint density at radius 3 is 2.47 bits per heavy atom. The number of halogens is 4. The van der Waals surface area contributed by atoms with Crippen molar-refractivity contribution < 1.29 is 17.9 Å². The van der Waals surface area contributed by atoms with E-state index in [-0.39, 0.29) is 0 Å². The number of alkyl halides is 3. The fourth-order valence-electron chi connectivity index (χ4n) is 1.57. The Labute approximate surface area is 119 Å². The van der Waals surface area contributed by atoms with Crippen LogP contribution in [0.25, 0.3) is 0 Å². The van der Waals surface area contributed by atoms with E-state index in [4.69, 9.17) is 4.74 Å². The molecule has 2 atom stereocenters. The third-order valence-corrected chi connectivity index (χ3v) is 3.38. The van der Waals surface area contributed by atoms with E-state index in [2.05, 4.69) is 21.2 Å². The molecular weight excluding hydrogens is 323 g/mol. The van der Waals surface area contributed by atoms with E-state index in [0.29, 0.717) is 18.7 Å². The van der Waals surface area contributed by atoms with Crippen molar-refractivity contribution in [1.29, 1.82) is 0 Å². The van der Waals surface area contributed by atoms with Crippen molar-refractivity contribution in [2.75, 3.05) is 13.1 Å². The zero-order valence-electron chi connectivity index (χ0n) is 10.8. The number of rotatable bonds is 6. The maximum Gasteiger partial charge on any atom is 0.414 e. The molecule has 0 bridgehead atoms. The zero-order valence-corrected chi connectivity index (χ0v) is 12.4. The van der Waals surface area contributed by atoms with Crippen molar-refractivity contribution in [3.05, 3.63) is 34.3 Å². The van der Waals surface area contributed by atoms with Crippen LogP contribution in [-0.2, 0) is 4.74 Å². The van der Waals surface area contributed by atoms with E-state index in [0.717, 1.165) is 11.4 Å². The molecule has 0 saturated carbocycles. The predicted octanol–water partition coefficient (Wildman–Crippen LogP) is 4.07. The summed E-state index contributed by atoms with van der Waals surface area (Å²) in [5.41, 5.74) is 0.708. The van der Waals surface area contributed by atoms with Crippen LogP contribution in [0, 0.1) is 0 Å². The van der Waals surface area contributed by atoms with Crippen molar-refractivity contribution in [3.63, 3.8) is 0 Å². The van der Waals surface area contributed by atoms with Crippen LogP contribution in [0.15, 0.2) is 28.7 Å². The summed E-state index contributed by atoms with van der Waals surface area (Å²) in [6.45, 7) is 3.92. The van der Waals surface area contributed by atoms with E-state index in [9.17, 15) is 13.2 Å². The van der Waals surface area contributed by atoms with Gasteiger partial charge in [0.2, 0.25) is 0 Å². The maximum atomic E-state index is 12.6. The molecule has 2 unspecified atom stereocenters. The quantitative estimate of drug-likeness (QED) is 0.843. The van der Waals surface area contributed by atoms with Crippen LogP contribution in [0.4, 0.5) is 13.2 Å². The lowest BCUT2D eigenvalue weighted by atomic mass is 10.1. The Morgan fingerprint density at radius 1 is 1.32 bits per heavy atom. The first-order valence-corrected chi connectivity index (χ1v) is 6.82. The van der Waals surface area contributed by atoms with Gasteiger partial charge in [-0.25, -0.2) is 0 Å². The first kappa shape index (κ1) is 16.5. The summed E-state index contributed by atoms with van der Waals surface area (Å²) in [4.78, 5) is 0. The highest BCUT2D eigenvalue weighted by atomic mass is 79.9. The molecule has 1 aromatic rings. The second-order valence-corrected chi connectivity index (χ2v) is 4.99. The molecule has 0 aromatic heterocycles. The van der Waals surface area contributed by atoms with Crippen LogP contribution < -0.4 is 5.32 Å². The van der Waals surface area contributed by atoms with Crippen molar-refractivity contribution in [3.8, 4) is 0 Å². The molecule has 6 heteroatoms. The Bertz CT molecular complexity index is 398. The molecule has 0 radical (unpaired) electrons. The summed E-state index contributed by atoms with van der Waals surface area (Å²) < 4.78 is 43.7. The van der Waals surface area contributed by atoms with E-state index < -0.39 is 18.4 Å². The first-order valence-electron chi connectivity index (χ1n) is 6.03. The first-order chi connectivity index (χ1) is 8.86. The van der Waals surface area contributed by atoms with Crippen molar-refractivity contribution >= 4 is 15.9 Å². The summed E-state index contributed by atoms with van der Waals surface area (Å²) in [6.07, 6.45) is -6.80. The Morgan fingerprint density at radius 2 is 1.95 bits per heavy atom. The molecule has 0 aliphatic heterocycles. The average Bonchev–Trinajstić information content (AvgIpc) is 2.34. The Balaban J connectivity index is 2.86. The highest BCUT2D eigenvalue weighted by molar-refractivity contribution is 9.10. The van der Waals surface area contributed by atoms with Gasteiger partial charge in [0.1, 0.15) is 0 Å². The minimum Gasteiger partial charge on any atom is -0.360 e. The van der Waals surface area contributed by atoms with Crippen LogP contribution in [0.1, 0.15) is 25.5 Å². The van der Waals surface area contributed by atoms with E-state index in [1.165, 1.54) is 0 Å². The van der Waals surface area contributed by atoms with Gasteiger partial charge in [0, 0.05) is 11.0 Å². The highest BCUT2D eigenvalue weighted by Gasteiger charge is 2.38. The Hall–Kier alpha value is -0.590. The standard InChI is InChI=1S/C13H17BrF3NO/c1-3-18-8-12(19-9(2)13(15,16)17)10-6-4-5-7-11(10)14/h4-7,9,12,18H,3,8H2,1-2H3. The second kappa shape index (κ2) is 7.26. The van der Waals surface area contributed by atoms with E-state index in [1.807, 2.05) is 13.0 Å². The molecule has 0 aliphatic rings. The van der Waals surface area contributed by atoms with Gasteiger partial charge in [-0.15, -0.1) is 0 Å². The Kier molecular flexibility index (Phi) is 6.29. The zero-order chi connectivity index (χ0) is 14.5. The van der Waals surface area contributed by atoms with Crippen molar-refractivity contribution in [2.24, 2.45) is 0 Å². The van der Waals surface area contributed by atoms with Gasteiger partial charge in [-0.2, -0.15) is 13.2 Å². The maximum absolute atomic E-state index is 12.6. The molecule has 0 spiro atoms. The van der Waals surface area contributed by atoms with E-state index in [1.54, 1.807) is 18.2 Å². The van der Waals surface area contributed by atoms with Gasteiger partial charge in [0.25, 0.3) is 0 Å². The molecule has 1 rings (SSSR count). The lowest BCUT2D eigenvalue weighted by molar-refractivity contribution is -0.227. The van der Waals surface area contributed by atoms with Gasteiger partial charge in [-0.05, 0) is 25.1 Å². The van der Waals surface area contributed by atoms with Crippen molar-refractivity contribution in [1.82, 2.24) is 5.32 Å². The molecule has 0 fully saturated rings. The number of hydrogen-bond donors (Lipinski definition) is 1. The molecule has 0 aliphatic carbocycles. The number of likely N-dealkylation sites (N-methyl/N-ethyl adjacent to an activating group) is 1. The summed E-state index contributed by atoms with van der Waals surface area (Å²) >= 11 is 3.34. The number of ether oxygens (including phenoxy) is 1. The third kappa shape index (κ3) is 5.12. The fraction of sp³-hybridized carbons (Fsp3) is 0.538. The van der Waals surface area contributed by atoms with Crippen LogP contribution >= 0.6 is 15.9 Å². The molecule has 0 saturated heterocycles. The lowest BCUT2D eigenvalue weighted by Gasteiger charge is -2.25. The molecule has 1 aromatic carbocycles. The van der Waals surface area contributed by atoms with Crippen LogP contribution in [0.3, 0.4) is 0 Å². The molecule has 108 valence electrons. The van der Waals surface area contributed by atoms with Crippen LogP contribution in [-0.4, -0.2) is 25.4 Å². The average molecular weight is 340 g/mol. The van der Waals surface area contributed by atoms with Gasteiger partial charge < -0.3 is 10.1 Å². The highest BCUT2D eigenvalue weighted by Crippen LogP contribution is 2.31. The SMILES string of the molecule is CCNCC(OC(C)C(F)(F)F)c1ccccc1Br. The van der Waals surface area contributed by atoms with Crippen LogP contribution in [0.5, 0.6) is 0 Å². The van der Waals surface area contributed by atoms with Gasteiger partial charge in [-0.3, -0.25) is 0 Å². The summed E-state index contributed by atoms with van der Waals surface area (Å²) in [7, 11) is 0. The van der Waals surface area contributed by atoms with Gasteiger partial charge in [0.05, 0.1) is 6.10 Å². The van der Waals surface area contributed by atoms with Gasteiger partial charge in [0.15, 0.2) is 6.10 Å². The number of hydrogen-bond acceptors (Lipinski definition) is 2. The number of benzene rings is 1. The summed E-state index contributed by atoms with van der Waals surface area (Å²) in [5, 5.41) is 3.02. The fourth-order valence-corrected chi connectivity index (χ4v) is 2.11. The minimum absolute atomic E-state index is 0.333. The largest absolute Gasteiger partial charge is 0.414 e. The van der Waals surface area contributed by atoms with Gasteiger partial charge >= 0.3 is 6.18 Å². The minimum atomic E-state index is -4.36. The lowest BCUT2D eigenvalue weighted by Crippen LogP contribution is -2.33.